The van der Waals surface area contributed by atoms with Gasteiger partial charge in [-0.3, -0.25) is 9.69 Å². The topological polar surface area (TPSA) is 61.4 Å². The number of aryl methyl sites for hydroxylation is 1. The van der Waals surface area contributed by atoms with Crippen LogP contribution in [0.15, 0.2) is 30.3 Å². The minimum absolute atomic E-state index is 0.0252. The van der Waals surface area contributed by atoms with E-state index in [4.69, 9.17) is 0 Å². The summed E-state index contributed by atoms with van der Waals surface area (Å²) in [4.78, 5) is 27.7. The molecule has 3 amide bonds. The minimum Gasteiger partial charge on any atom is -0.323 e. The molecule has 2 heterocycles. The molecule has 1 aliphatic carbocycles. The fraction of sp³-hybridized carbons (Fsp3) is 0.619. The van der Waals surface area contributed by atoms with Gasteiger partial charge in [0, 0.05) is 6.54 Å². The van der Waals surface area contributed by atoms with E-state index in [0.717, 1.165) is 45.2 Å². The van der Waals surface area contributed by atoms with Crippen LogP contribution in [0.4, 0.5) is 4.79 Å². The zero-order chi connectivity index (χ0) is 18.0. The van der Waals surface area contributed by atoms with Gasteiger partial charge in [0.1, 0.15) is 5.54 Å². The summed E-state index contributed by atoms with van der Waals surface area (Å²) < 4.78 is 0. The van der Waals surface area contributed by atoms with Gasteiger partial charge in [-0.15, -0.1) is 0 Å². The van der Waals surface area contributed by atoms with Crippen molar-refractivity contribution in [3.63, 3.8) is 0 Å². The molecule has 1 saturated carbocycles. The summed E-state index contributed by atoms with van der Waals surface area (Å²) in [5.74, 6) is 0.746. The molecule has 0 aromatic heterocycles. The van der Waals surface area contributed by atoms with E-state index < -0.39 is 5.54 Å². The second-order valence-electron chi connectivity index (χ2n) is 8.12. The molecule has 3 fully saturated rings. The van der Waals surface area contributed by atoms with E-state index in [1.54, 1.807) is 0 Å². The van der Waals surface area contributed by atoms with E-state index in [-0.39, 0.29) is 17.9 Å². The molecule has 1 atom stereocenters. The number of urea groups is 1. The first-order valence-electron chi connectivity index (χ1n) is 10.1. The Balaban J connectivity index is 1.55. The number of nitrogens with one attached hydrogen (secondary N) is 2. The van der Waals surface area contributed by atoms with Crippen LogP contribution in [0.5, 0.6) is 0 Å². The van der Waals surface area contributed by atoms with Crippen molar-refractivity contribution in [1.29, 1.82) is 0 Å². The smallest absolute Gasteiger partial charge is 0.323 e. The number of hydrogen-bond donors (Lipinski definition) is 2. The molecule has 0 spiro atoms. The fourth-order valence-electron chi connectivity index (χ4n) is 4.70. The lowest BCUT2D eigenvalue weighted by atomic mass is 9.74. The Bertz CT molecular complexity index is 652. The van der Waals surface area contributed by atoms with Crippen LogP contribution in [0.3, 0.4) is 0 Å². The van der Waals surface area contributed by atoms with Crippen molar-refractivity contribution in [2.45, 2.75) is 50.5 Å². The molecular formula is C21H29N3O2. The van der Waals surface area contributed by atoms with Crippen molar-refractivity contribution in [1.82, 2.24) is 15.5 Å². The van der Waals surface area contributed by atoms with E-state index in [1.807, 2.05) is 18.2 Å². The van der Waals surface area contributed by atoms with Gasteiger partial charge in [0.25, 0.3) is 5.91 Å². The summed E-state index contributed by atoms with van der Waals surface area (Å²) in [7, 11) is 0. The molecule has 0 unspecified atom stereocenters. The third kappa shape index (κ3) is 3.25. The predicted octanol–water partition coefficient (Wildman–Crippen LogP) is 2.71. The van der Waals surface area contributed by atoms with Crippen molar-refractivity contribution in [2.24, 2.45) is 11.8 Å². The van der Waals surface area contributed by atoms with Crippen molar-refractivity contribution >= 4 is 11.9 Å². The normalized spacial score (nSPS) is 27.5. The quantitative estimate of drug-likeness (QED) is 0.772. The largest absolute Gasteiger partial charge is 0.325 e. The average Bonchev–Trinajstić information content (AvgIpc) is 2.89. The Morgan fingerprint density at radius 3 is 2.42 bits per heavy atom. The molecular weight excluding hydrogens is 326 g/mol. The lowest BCUT2D eigenvalue weighted by molar-refractivity contribution is -0.134. The molecule has 1 aromatic carbocycles. The van der Waals surface area contributed by atoms with Crippen LogP contribution in [0, 0.1) is 11.8 Å². The monoisotopic (exact) mass is 355 g/mol. The van der Waals surface area contributed by atoms with Gasteiger partial charge in [-0.05, 0) is 69.0 Å². The Labute approximate surface area is 155 Å². The molecule has 4 rings (SSSR count). The number of nitrogens with zero attached hydrogens (tertiary/aromatic N) is 1. The van der Waals surface area contributed by atoms with Gasteiger partial charge >= 0.3 is 6.03 Å². The molecule has 0 radical (unpaired) electrons. The first kappa shape index (κ1) is 17.5. The van der Waals surface area contributed by atoms with Crippen molar-refractivity contribution < 1.29 is 9.59 Å². The number of carbonyl (C=O) groups excluding carboxylic acids is 2. The highest BCUT2D eigenvalue weighted by molar-refractivity contribution is 6.07. The van der Waals surface area contributed by atoms with Crippen molar-refractivity contribution in [2.75, 3.05) is 19.6 Å². The molecule has 5 nitrogen and oxygen atoms in total. The number of benzene rings is 1. The summed E-state index contributed by atoms with van der Waals surface area (Å²) in [6.07, 6.45) is 6.89. The third-order valence-corrected chi connectivity index (χ3v) is 6.55. The molecule has 0 bridgehead atoms. The molecule has 2 aliphatic heterocycles. The van der Waals surface area contributed by atoms with Crippen LogP contribution in [0.2, 0.25) is 0 Å². The highest BCUT2D eigenvalue weighted by atomic mass is 16.2. The van der Waals surface area contributed by atoms with Gasteiger partial charge in [-0.2, -0.15) is 0 Å². The highest BCUT2D eigenvalue weighted by Gasteiger charge is 2.55. The zero-order valence-corrected chi connectivity index (χ0v) is 15.4. The minimum atomic E-state index is -0.723. The second-order valence-corrected chi connectivity index (χ2v) is 8.12. The third-order valence-electron chi connectivity index (χ3n) is 6.55. The highest BCUT2D eigenvalue weighted by Crippen LogP contribution is 2.37. The van der Waals surface area contributed by atoms with E-state index in [2.05, 4.69) is 22.8 Å². The summed E-state index contributed by atoms with van der Waals surface area (Å²) in [5.41, 5.74) is 0.499. The van der Waals surface area contributed by atoms with Gasteiger partial charge in [-0.1, -0.05) is 36.8 Å². The van der Waals surface area contributed by atoms with Crippen LogP contribution in [-0.2, 0) is 11.2 Å². The molecule has 1 aromatic rings. The van der Waals surface area contributed by atoms with Gasteiger partial charge in [0.15, 0.2) is 0 Å². The maximum absolute atomic E-state index is 13.5. The lowest BCUT2D eigenvalue weighted by Gasteiger charge is -2.38. The Hall–Kier alpha value is -1.88. The van der Waals surface area contributed by atoms with Gasteiger partial charge in [-0.25, -0.2) is 4.79 Å². The molecule has 2 saturated heterocycles. The predicted molar refractivity (Wildman–Crippen MR) is 101 cm³/mol. The number of amides is 3. The van der Waals surface area contributed by atoms with E-state index in [9.17, 15) is 9.59 Å². The maximum atomic E-state index is 13.5. The average molecular weight is 355 g/mol. The van der Waals surface area contributed by atoms with Gasteiger partial charge in [0.05, 0.1) is 0 Å². The molecule has 2 N–H and O–H groups in total. The summed E-state index contributed by atoms with van der Waals surface area (Å²) >= 11 is 0. The zero-order valence-electron chi connectivity index (χ0n) is 15.4. The standard InChI is InChI=1S/C21H29N3O2/c25-19-21(18-10-13-22-14-11-18,12-9-16-5-2-1-3-6-16)23-20(26)24(19)15-17-7-4-8-17/h1-3,5-6,17-18,22H,4,7-15H2,(H,23,26)/t21-/m1/s1. The summed E-state index contributed by atoms with van der Waals surface area (Å²) in [6, 6.07) is 10.1. The van der Waals surface area contributed by atoms with Crippen LogP contribution >= 0.6 is 0 Å². The van der Waals surface area contributed by atoms with Gasteiger partial charge < -0.3 is 10.6 Å². The van der Waals surface area contributed by atoms with Crippen LogP contribution in [0.1, 0.15) is 44.1 Å². The number of carbonyl (C=O) groups is 2. The number of imide groups is 1. The van der Waals surface area contributed by atoms with Crippen LogP contribution < -0.4 is 10.6 Å². The first-order chi connectivity index (χ1) is 12.7. The Kier molecular flexibility index (Phi) is 4.98. The van der Waals surface area contributed by atoms with E-state index >= 15 is 0 Å². The van der Waals surface area contributed by atoms with Gasteiger partial charge in [0.2, 0.25) is 0 Å². The van der Waals surface area contributed by atoms with Crippen LogP contribution in [0.25, 0.3) is 0 Å². The Morgan fingerprint density at radius 1 is 1.04 bits per heavy atom. The van der Waals surface area contributed by atoms with Crippen molar-refractivity contribution in [3.05, 3.63) is 35.9 Å². The Morgan fingerprint density at radius 2 is 1.77 bits per heavy atom. The summed E-state index contributed by atoms with van der Waals surface area (Å²) in [5, 5.41) is 6.55. The molecule has 3 aliphatic rings. The summed E-state index contributed by atoms with van der Waals surface area (Å²) in [6.45, 7) is 2.44. The second kappa shape index (κ2) is 7.39. The maximum Gasteiger partial charge on any atom is 0.325 e. The number of piperidine rings is 1. The fourth-order valence-corrected chi connectivity index (χ4v) is 4.70. The lowest BCUT2D eigenvalue weighted by Crippen LogP contribution is -2.56. The number of hydrogen-bond acceptors (Lipinski definition) is 3. The molecule has 5 heteroatoms. The van der Waals surface area contributed by atoms with E-state index in [0.29, 0.717) is 18.9 Å². The number of rotatable bonds is 6. The van der Waals surface area contributed by atoms with Crippen molar-refractivity contribution in [3.8, 4) is 0 Å². The molecule has 140 valence electrons. The SMILES string of the molecule is O=C1N[C@](CCc2ccccc2)(C2CCNCC2)C(=O)N1CC1CCC1. The van der Waals surface area contributed by atoms with Crippen LogP contribution in [-0.4, -0.2) is 42.0 Å². The van der Waals surface area contributed by atoms with E-state index in [1.165, 1.54) is 16.9 Å². The first-order valence-corrected chi connectivity index (χ1v) is 10.1. The molecule has 26 heavy (non-hydrogen) atoms.